The molecule has 17 heavy (non-hydrogen) atoms. The molecule has 1 atom stereocenters. The topological polar surface area (TPSA) is 29.5 Å². The lowest BCUT2D eigenvalue weighted by Gasteiger charge is -2.32. The summed E-state index contributed by atoms with van der Waals surface area (Å²) in [6.45, 7) is 1.01. The first-order valence-corrected chi connectivity index (χ1v) is 5.76. The lowest BCUT2D eigenvalue weighted by Crippen LogP contribution is -2.31. The summed E-state index contributed by atoms with van der Waals surface area (Å²) in [7, 11) is 3.47. The third-order valence-corrected chi connectivity index (χ3v) is 3.20. The Morgan fingerprint density at radius 3 is 3.00 bits per heavy atom. The Morgan fingerprint density at radius 1 is 1.47 bits per heavy atom. The number of nitrogens with zero attached hydrogens (tertiary/aromatic N) is 1. The molecule has 0 aromatic heterocycles. The molecule has 0 aliphatic carbocycles. The summed E-state index contributed by atoms with van der Waals surface area (Å²) in [6.07, 6.45) is 4.47. The Labute approximate surface area is 102 Å². The number of benzene rings is 1. The van der Waals surface area contributed by atoms with Crippen LogP contribution in [-0.2, 0) is 16.0 Å². The predicted octanol–water partition coefficient (Wildman–Crippen LogP) is 1.94. The van der Waals surface area contributed by atoms with Crippen LogP contribution in [0.3, 0.4) is 0 Å². The van der Waals surface area contributed by atoms with Crippen LogP contribution in [0.15, 0.2) is 36.4 Å². The molecule has 0 fully saturated rings. The first-order chi connectivity index (χ1) is 8.22. The van der Waals surface area contributed by atoms with Crippen molar-refractivity contribution < 1.29 is 9.53 Å². The van der Waals surface area contributed by atoms with E-state index >= 15 is 0 Å². The zero-order valence-electron chi connectivity index (χ0n) is 10.2. The van der Waals surface area contributed by atoms with Crippen LogP contribution >= 0.6 is 0 Å². The van der Waals surface area contributed by atoms with Gasteiger partial charge in [0.15, 0.2) is 0 Å². The lowest BCUT2D eigenvalue weighted by atomic mass is 9.93. The molecule has 0 saturated carbocycles. The number of fused-ring (bicyclic) bond motifs is 1. The molecule has 1 aromatic carbocycles. The number of esters is 1. The van der Waals surface area contributed by atoms with Crippen molar-refractivity contribution in [2.24, 2.45) is 0 Å². The van der Waals surface area contributed by atoms with Gasteiger partial charge >= 0.3 is 5.97 Å². The van der Waals surface area contributed by atoms with E-state index in [1.54, 1.807) is 0 Å². The molecule has 2 rings (SSSR count). The number of ether oxygens (including phenoxy) is 1. The van der Waals surface area contributed by atoms with Gasteiger partial charge < -0.3 is 4.74 Å². The van der Waals surface area contributed by atoms with Crippen LogP contribution in [0.25, 0.3) is 0 Å². The van der Waals surface area contributed by atoms with Gasteiger partial charge in [-0.1, -0.05) is 30.3 Å². The molecule has 0 saturated heterocycles. The van der Waals surface area contributed by atoms with E-state index in [9.17, 15) is 4.79 Å². The van der Waals surface area contributed by atoms with Crippen LogP contribution in [-0.4, -0.2) is 31.6 Å². The molecular formula is C14H17NO2. The summed E-state index contributed by atoms with van der Waals surface area (Å²) >= 11 is 0. The summed E-state index contributed by atoms with van der Waals surface area (Å²) in [5.41, 5.74) is 2.64. The van der Waals surface area contributed by atoms with Crippen molar-refractivity contribution in [1.29, 1.82) is 0 Å². The molecule has 3 nitrogen and oxygen atoms in total. The van der Waals surface area contributed by atoms with Crippen LogP contribution in [0.2, 0.25) is 0 Å². The van der Waals surface area contributed by atoms with Gasteiger partial charge in [0.25, 0.3) is 0 Å². The van der Waals surface area contributed by atoms with E-state index in [1.807, 2.05) is 12.1 Å². The quantitative estimate of drug-likeness (QED) is 0.575. The number of carbonyl (C=O) groups is 1. The Balaban J connectivity index is 2.27. The van der Waals surface area contributed by atoms with Crippen molar-refractivity contribution in [3.63, 3.8) is 0 Å². The second kappa shape index (κ2) is 5.15. The zero-order chi connectivity index (χ0) is 12.3. The van der Waals surface area contributed by atoms with Crippen LogP contribution in [0, 0.1) is 0 Å². The van der Waals surface area contributed by atoms with Crippen molar-refractivity contribution in [3.05, 3.63) is 47.5 Å². The fourth-order valence-electron chi connectivity index (χ4n) is 2.21. The summed E-state index contributed by atoms with van der Waals surface area (Å²) in [4.78, 5) is 13.4. The van der Waals surface area contributed by atoms with Gasteiger partial charge in [-0.15, -0.1) is 0 Å². The maximum atomic E-state index is 11.1. The minimum atomic E-state index is -0.304. The Bertz CT molecular complexity index is 440. The maximum absolute atomic E-state index is 11.1. The normalized spacial score (nSPS) is 20.2. The highest BCUT2D eigenvalue weighted by Gasteiger charge is 2.21. The van der Waals surface area contributed by atoms with E-state index < -0.39 is 0 Å². The van der Waals surface area contributed by atoms with Crippen molar-refractivity contribution in [2.75, 3.05) is 20.7 Å². The molecule has 1 unspecified atom stereocenters. The van der Waals surface area contributed by atoms with E-state index in [0.717, 1.165) is 13.0 Å². The van der Waals surface area contributed by atoms with Crippen LogP contribution in [0.1, 0.15) is 17.2 Å². The van der Waals surface area contributed by atoms with Crippen molar-refractivity contribution in [1.82, 2.24) is 4.90 Å². The molecule has 1 aliphatic rings. The van der Waals surface area contributed by atoms with Gasteiger partial charge in [-0.25, -0.2) is 4.79 Å². The highest BCUT2D eigenvalue weighted by atomic mass is 16.5. The second-order valence-electron chi connectivity index (χ2n) is 4.26. The zero-order valence-corrected chi connectivity index (χ0v) is 10.2. The molecule has 0 radical (unpaired) electrons. The number of hydrogen-bond donors (Lipinski definition) is 0. The summed E-state index contributed by atoms with van der Waals surface area (Å²) in [5.74, 6) is -0.304. The van der Waals surface area contributed by atoms with Crippen LogP contribution in [0.5, 0.6) is 0 Å². The minimum absolute atomic E-state index is 0.166. The molecule has 0 N–H and O–H groups in total. The predicted molar refractivity (Wildman–Crippen MR) is 66.7 cm³/mol. The van der Waals surface area contributed by atoms with Gasteiger partial charge in [0.05, 0.1) is 13.2 Å². The number of methoxy groups -OCH3 is 1. The standard InChI is InChI=1S/C14H17NO2/c1-15-10-9-11-5-3-4-6-12(11)13(15)7-8-14(16)17-2/h3-8,13H,9-10H2,1-2H3. The van der Waals surface area contributed by atoms with Crippen molar-refractivity contribution >= 4 is 5.97 Å². The summed E-state index contributed by atoms with van der Waals surface area (Å²) in [5, 5.41) is 0. The first-order valence-electron chi connectivity index (χ1n) is 5.76. The van der Waals surface area contributed by atoms with Gasteiger partial charge in [0.2, 0.25) is 0 Å². The molecule has 1 aromatic rings. The first kappa shape index (κ1) is 11.9. The van der Waals surface area contributed by atoms with E-state index in [0.29, 0.717) is 0 Å². The molecule has 0 bridgehead atoms. The van der Waals surface area contributed by atoms with Gasteiger partial charge in [0, 0.05) is 12.6 Å². The van der Waals surface area contributed by atoms with Gasteiger partial charge in [-0.05, 0) is 24.6 Å². The number of hydrogen-bond acceptors (Lipinski definition) is 3. The number of carbonyl (C=O) groups excluding carboxylic acids is 1. The largest absolute Gasteiger partial charge is 0.466 e. The van der Waals surface area contributed by atoms with Gasteiger partial charge in [-0.2, -0.15) is 0 Å². The number of likely N-dealkylation sites (N-methyl/N-ethyl adjacent to an activating group) is 1. The van der Waals surface area contributed by atoms with E-state index in [2.05, 4.69) is 34.9 Å². The highest BCUT2D eigenvalue weighted by molar-refractivity contribution is 5.81. The fraction of sp³-hybridized carbons (Fsp3) is 0.357. The minimum Gasteiger partial charge on any atom is -0.466 e. The average molecular weight is 231 g/mol. The molecule has 1 heterocycles. The molecule has 1 aliphatic heterocycles. The second-order valence-corrected chi connectivity index (χ2v) is 4.26. The molecule has 90 valence electrons. The third-order valence-electron chi connectivity index (χ3n) is 3.20. The highest BCUT2D eigenvalue weighted by Crippen LogP contribution is 2.29. The van der Waals surface area contributed by atoms with Crippen molar-refractivity contribution in [3.8, 4) is 0 Å². The van der Waals surface area contributed by atoms with Crippen LogP contribution in [0.4, 0.5) is 0 Å². The summed E-state index contributed by atoms with van der Waals surface area (Å²) < 4.78 is 4.62. The third kappa shape index (κ3) is 2.56. The maximum Gasteiger partial charge on any atom is 0.330 e. The van der Waals surface area contributed by atoms with Crippen LogP contribution < -0.4 is 0 Å². The van der Waals surface area contributed by atoms with Crippen molar-refractivity contribution in [2.45, 2.75) is 12.5 Å². The molecule has 0 amide bonds. The molecule has 0 spiro atoms. The average Bonchev–Trinajstić information content (AvgIpc) is 2.37. The van der Waals surface area contributed by atoms with Gasteiger partial charge in [0.1, 0.15) is 0 Å². The van der Waals surface area contributed by atoms with Gasteiger partial charge in [-0.3, -0.25) is 4.90 Å². The Kier molecular flexibility index (Phi) is 3.59. The molecular weight excluding hydrogens is 214 g/mol. The van der Waals surface area contributed by atoms with E-state index in [-0.39, 0.29) is 12.0 Å². The molecule has 3 heteroatoms. The fourth-order valence-corrected chi connectivity index (χ4v) is 2.21. The van der Waals surface area contributed by atoms with E-state index in [4.69, 9.17) is 0 Å². The Morgan fingerprint density at radius 2 is 2.24 bits per heavy atom. The van der Waals surface area contributed by atoms with E-state index in [1.165, 1.54) is 24.3 Å². The number of rotatable bonds is 2. The SMILES string of the molecule is COC(=O)C=CC1c2ccccc2CCN1C. The summed E-state index contributed by atoms with van der Waals surface area (Å²) in [6, 6.07) is 8.54. The smallest absolute Gasteiger partial charge is 0.330 e. The Hall–Kier alpha value is -1.61. The monoisotopic (exact) mass is 231 g/mol. The lowest BCUT2D eigenvalue weighted by molar-refractivity contribution is -0.134.